The van der Waals surface area contributed by atoms with E-state index < -0.39 is 0 Å². The van der Waals surface area contributed by atoms with E-state index >= 15 is 0 Å². The van der Waals surface area contributed by atoms with Crippen LogP contribution in [0.4, 0.5) is 11.4 Å². The predicted octanol–water partition coefficient (Wildman–Crippen LogP) is 5.38. The van der Waals surface area contributed by atoms with E-state index in [1.54, 1.807) is 23.8 Å². The summed E-state index contributed by atoms with van der Waals surface area (Å²) < 4.78 is 5.48. The molecule has 1 unspecified atom stereocenters. The van der Waals surface area contributed by atoms with Crippen molar-refractivity contribution in [3.63, 3.8) is 0 Å². The summed E-state index contributed by atoms with van der Waals surface area (Å²) in [4.78, 5) is 26.9. The molecule has 0 bridgehead atoms. The number of ether oxygens (including phenoxy) is 1. The highest BCUT2D eigenvalue weighted by atomic mass is 32.2. The van der Waals surface area contributed by atoms with Gasteiger partial charge in [0.05, 0.1) is 18.6 Å². The third kappa shape index (κ3) is 5.12. The molecule has 1 aliphatic rings. The first kappa shape index (κ1) is 21.2. The highest BCUT2D eigenvalue weighted by Gasteiger charge is 2.36. The van der Waals surface area contributed by atoms with E-state index in [1.807, 2.05) is 48.5 Å². The first-order valence-corrected chi connectivity index (χ1v) is 11.2. The van der Waals surface area contributed by atoms with Crippen molar-refractivity contribution in [1.29, 1.82) is 0 Å². The topological polar surface area (TPSA) is 58.6 Å². The fourth-order valence-electron chi connectivity index (χ4n) is 3.49. The molecule has 1 aliphatic heterocycles. The molecule has 6 heteroatoms. The number of carbonyl (C=O) groups excluding carboxylic acids is 2. The number of benzene rings is 2. The number of anilines is 2. The summed E-state index contributed by atoms with van der Waals surface area (Å²) in [7, 11) is 1.61. The Hall–Kier alpha value is -2.47. The van der Waals surface area contributed by atoms with Gasteiger partial charge in [0.25, 0.3) is 0 Å². The number of nitrogens with one attached hydrogen (secondary N) is 1. The first-order valence-electron chi connectivity index (χ1n) is 10.1. The van der Waals surface area contributed by atoms with Crippen LogP contribution in [-0.2, 0) is 9.59 Å². The molecule has 2 aromatic carbocycles. The Labute approximate surface area is 176 Å². The van der Waals surface area contributed by atoms with E-state index in [1.165, 1.54) is 0 Å². The summed E-state index contributed by atoms with van der Waals surface area (Å²) in [6.07, 6.45) is 4.78. The number of amides is 2. The van der Waals surface area contributed by atoms with Crippen molar-refractivity contribution in [3.05, 3.63) is 54.1 Å². The summed E-state index contributed by atoms with van der Waals surface area (Å²) in [5.41, 5.74) is 2.44. The van der Waals surface area contributed by atoms with E-state index in [0.717, 1.165) is 42.6 Å². The van der Waals surface area contributed by atoms with E-state index in [4.69, 9.17) is 4.74 Å². The van der Waals surface area contributed by atoms with Crippen molar-refractivity contribution in [2.24, 2.45) is 0 Å². The lowest BCUT2D eigenvalue weighted by molar-refractivity contribution is -0.116. The van der Waals surface area contributed by atoms with Crippen LogP contribution in [0.1, 0.15) is 50.0 Å². The molecule has 0 radical (unpaired) electrons. The SMILES string of the molecule is CCCCCCC(=O)Nc1ccccc1C1SCC(=O)N1c1ccccc1OC. The summed E-state index contributed by atoms with van der Waals surface area (Å²) in [6.45, 7) is 2.16. The van der Waals surface area contributed by atoms with Gasteiger partial charge in [0.15, 0.2) is 0 Å². The van der Waals surface area contributed by atoms with Gasteiger partial charge in [-0.15, -0.1) is 11.8 Å². The molecule has 0 spiro atoms. The Balaban J connectivity index is 1.82. The second-order valence-corrected chi connectivity index (χ2v) is 8.11. The van der Waals surface area contributed by atoms with E-state index in [2.05, 4.69) is 12.2 Å². The van der Waals surface area contributed by atoms with Crippen molar-refractivity contribution in [3.8, 4) is 5.75 Å². The zero-order chi connectivity index (χ0) is 20.6. The van der Waals surface area contributed by atoms with Crippen LogP contribution in [0.2, 0.25) is 0 Å². The van der Waals surface area contributed by atoms with E-state index in [-0.39, 0.29) is 17.2 Å². The average molecular weight is 413 g/mol. The minimum absolute atomic E-state index is 0.0201. The maximum Gasteiger partial charge on any atom is 0.238 e. The monoisotopic (exact) mass is 412 g/mol. The van der Waals surface area contributed by atoms with Crippen LogP contribution in [0.3, 0.4) is 0 Å². The third-order valence-corrected chi connectivity index (χ3v) is 6.17. The number of thioether (sulfide) groups is 1. The number of methoxy groups -OCH3 is 1. The minimum Gasteiger partial charge on any atom is -0.495 e. The van der Waals surface area contributed by atoms with Gasteiger partial charge in [-0.3, -0.25) is 14.5 Å². The third-order valence-electron chi connectivity index (χ3n) is 4.97. The van der Waals surface area contributed by atoms with Crippen LogP contribution in [0.15, 0.2) is 48.5 Å². The maximum absolute atomic E-state index is 12.7. The zero-order valence-corrected chi connectivity index (χ0v) is 17.8. The molecule has 0 saturated carbocycles. The number of hydrogen-bond acceptors (Lipinski definition) is 4. The minimum atomic E-state index is -0.213. The van der Waals surface area contributed by atoms with Crippen molar-refractivity contribution >= 4 is 35.0 Å². The quantitative estimate of drug-likeness (QED) is 0.562. The van der Waals surface area contributed by atoms with Gasteiger partial charge >= 0.3 is 0 Å². The Morgan fingerprint density at radius 3 is 2.69 bits per heavy atom. The Morgan fingerprint density at radius 2 is 1.90 bits per heavy atom. The van der Waals surface area contributed by atoms with Gasteiger partial charge in [0, 0.05) is 17.7 Å². The van der Waals surface area contributed by atoms with Gasteiger partial charge < -0.3 is 10.1 Å². The number of unbranched alkanes of at least 4 members (excludes halogenated alkanes) is 3. The average Bonchev–Trinajstić information content (AvgIpc) is 3.12. The van der Waals surface area contributed by atoms with Gasteiger partial charge in [-0.1, -0.05) is 56.5 Å². The first-order chi connectivity index (χ1) is 14.2. The lowest BCUT2D eigenvalue weighted by atomic mass is 10.1. The van der Waals surface area contributed by atoms with Gasteiger partial charge in [-0.2, -0.15) is 0 Å². The summed E-state index contributed by atoms with van der Waals surface area (Å²) >= 11 is 1.56. The molecule has 1 N–H and O–H groups in total. The normalized spacial score (nSPS) is 16.1. The predicted molar refractivity (Wildman–Crippen MR) is 120 cm³/mol. The second kappa shape index (κ2) is 10.3. The lowest BCUT2D eigenvalue weighted by Gasteiger charge is -2.27. The Morgan fingerprint density at radius 1 is 1.14 bits per heavy atom. The molecule has 0 aliphatic carbocycles. The van der Waals surface area contributed by atoms with Crippen LogP contribution in [0.5, 0.6) is 5.75 Å². The number of hydrogen-bond donors (Lipinski definition) is 1. The number of rotatable bonds is 9. The van der Waals surface area contributed by atoms with Crippen molar-refractivity contribution < 1.29 is 14.3 Å². The van der Waals surface area contributed by atoms with E-state index in [0.29, 0.717) is 17.9 Å². The molecule has 1 heterocycles. The van der Waals surface area contributed by atoms with Gasteiger partial charge in [0.2, 0.25) is 11.8 Å². The molecule has 2 aromatic rings. The molecule has 1 atom stereocenters. The molecule has 1 fully saturated rings. The van der Waals surface area contributed by atoms with Crippen molar-refractivity contribution in [2.75, 3.05) is 23.1 Å². The van der Waals surface area contributed by atoms with Crippen LogP contribution < -0.4 is 15.0 Å². The van der Waals surface area contributed by atoms with Gasteiger partial charge in [-0.25, -0.2) is 0 Å². The van der Waals surface area contributed by atoms with E-state index in [9.17, 15) is 9.59 Å². The largest absolute Gasteiger partial charge is 0.495 e. The highest BCUT2D eigenvalue weighted by Crippen LogP contribution is 2.46. The molecule has 29 heavy (non-hydrogen) atoms. The molecule has 1 saturated heterocycles. The lowest BCUT2D eigenvalue weighted by Crippen LogP contribution is -2.29. The Kier molecular flexibility index (Phi) is 7.58. The standard InChI is InChI=1S/C23H28N2O3S/c1-3-4-5-6-15-21(26)24-18-12-8-7-11-17(18)23-25(22(27)16-29-23)19-13-9-10-14-20(19)28-2/h7-14,23H,3-6,15-16H2,1-2H3,(H,24,26). The number of carbonyl (C=O) groups is 2. The number of nitrogens with zero attached hydrogens (tertiary/aromatic N) is 1. The fraction of sp³-hybridized carbons (Fsp3) is 0.391. The van der Waals surface area contributed by atoms with Crippen molar-refractivity contribution in [1.82, 2.24) is 0 Å². The molecule has 2 amide bonds. The molecule has 3 rings (SSSR count). The molecular formula is C23H28N2O3S. The molecule has 154 valence electrons. The van der Waals surface area contributed by atoms with Crippen LogP contribution in [-0.4, -0.2) is 24.7 Å². The van der Waals surface area contributed by atoms with Gasteiger partial charge in [-0.05, 0) is 24.6 Å². The molecule has 5 nitrogen and oxygen atoms in total. The summed E-state index contributed by atoms with van der Waals surface area (Å²) in [5, 5.41) is 2.85. The second-order valence-electron chi connectivity index (χ2n) is 7.05. The van der Waals surface area contributed by atoms with Crippen molar-refractivity contribution in [2.45, 2.75) is 44.4 Å². The Bertz CT molecular complexity index is 856. The highest BCUT2D eigenvalue weighted by molar-refractivity contribution is 8.00. The summed E-state index contributed by atoms with van der Waals surface area (Å²) in [6, 6.07) is 15.3. The zero-order valence-electron chi connectivity index (χ0n) is 17.0. The van der Waals surface area contributed by atoms with Crippen LogP contribution >= 0.6 is 11.8 Å². The van der Waals surface area contributed by atoms with Gasteiger partial charge in [0.1, 0.15) is 11.1 Å². The van der Waals surface area contributed by atoms with Crippen LogP contribution in [0.25, 0.3) is 0 Å². The fourth-order valence-corrected chi connectivity index (χ4v) is 4.70. The molecular weight excluding hydrogens is 384 g/mol. The molecule has 0 aromatic heterocycles. The van der Waals surface area contributed by atoms with Crippen LogP contribution in [0, 0.1) is 0 Å². The number of para-hydroxylation sites is 3. The summed E-state index contributed by atoms with van der Waals surface area (Å²) in [5.74, 6) is 1.10. The smallest absolute Gasteiger partial charge is 0.238 e. The maximum atomic E-state index is 12.7.